The van der Waals surface area contributed by atoms with E-state index in [1.807, 2.05) is 14.1 Å². The summed E-state index contributed by atoms with van der Waals surface area (Å²) in [4.78, 5) is 39.1. The lowest BCUT2D eigenvalue weighted by atomic mass is 9.66. The van der Waals surface area contributed by atoms with Crippen LogP contribution < -0.4 is 5.32 Å². The molecule has 0 aromatic rings. The van der Waals surface area contributed by atoms with Gasteiger partial charge in [0.1, 0.15) is 5.41 Å². The monoisotopic (exact) mass is 267 g/mol. The second-order valence-electron chi connectivity index (χ2n) is 5.66. The quantitative estimate of drug-likeness (QED) is 0.584. The second-order valence-corrected chi connectivity index (χ2v) is 5.66. The van der Waals surface area contributed by atoms with E-state index in [0.29, 0.717) is 19.4 Å². The first-order chi connectivity index (χ1) is 8.97. The van der Waals surface area contributed by atoms with Gasteiger partial charge in [0.15, 0.2) is 0 Å². The van der Waals surface area contributed by atoms with Crippen molar-refractivity contribution in [1.82, 2.24) is 15.1 Å². The molecule has 6 nitrogen and oxygen atoms in total. The smallest absolute Gasteiger partial charge is 0.309 e. The summed E-state index contributed by atoms with van der Waals surface area (Å²) < 4.78 is 0. The Morgan fingerprint density at radius 3 is 2.42 bits per heavy atom. The van der Waals surface area contributed by atoms with Crippen molar-refractivity contribution in [2.24, 2.45) is 5.41 Å². The highest BCUT2D eigenvalue weighted by molar-refractivity contribution is 6.19. The van der Waals surface area contributed by atoms with Gasteiger partial charge in [-0.3, -0.25) is 19.8 Å². The third kappa shape index (κ3) is 2.49. The van der Waals surface area contributed by atoms with E-state index in [2.05, 4.69) is 10.2 Å². The van der Waals surface area contributed by atoms with Crippen LogP contribution >= 0.6 is 0 Å². The fourth-order valence-corrected chi connectivity index (χ4v) is 2.60. The minimum absolute atomic E-state index is 0.294. The van der Waals surface area contributed by atoms with Crippen LogP contribution in [0.1, 0.15) is 32.1 Å². The number of hydrogen-bond donors (Lipinski definition) is 1. The maximum atomic E-state index is 12.3. The first-order valence-electron chi connectivity index (χ1n) is 6.79. The van der Waals surface area contributed by atoms with Crippen molar-refractivity contribution in [3.63, 3.8) is 0 Å². The molecule has 0 aromatic carbocycles. The van der Waals surface area contributed by atoms with Crippen LogP contribution in [0.4, 0.5) is 4.79 Å². The van der Waals surface area contributed by atoms with Crippen LogP contribution in [0.3, 0.4) is 0 Å². The van der Waals surface area contributed by atoms with E-state index in [1.165, 1.54) is 4.90 Å². The number of imide groups is 2. The maximum Gasteiger partial charge on any atom is 0.330 e. The number of carbonyl (C=O) groups excluding carboxylic acids is 3. The molecule has 1 aliphatic carbocycles. The van der Waals surface area contributed by atoms with E-state index >= 15 is 0 Å². The average molecular weight is 267 g/mol. The zero-order valence-corrected chi connectivity index (χ0v) is 11.6. The largest absolute Gasteiger partial charge is 0.330 e. The molecule has 0 bridgehead atoms. The molecule has 106 valence electrons. The Labute approximate surface area is 113 Å². The lowest BCUT2D eigenvalue weighted by molar-refractivity contribution is -0.157. The molecule has 2 fully saturated rings. The summed E-state index contributed by atoms with van der Waals surface area (Å²) in [5.74, 6) is -0.698. The number of nitrogens with one attached hydrogen (secondary N) is 1. The van der Waals surface area contributed by atoms with Gasteiger partial charge < -0.3 is 4.90 Å². The summed E-state index contributed by atoms with van der Waals surface area (Å²) in [6.45, 7) is 1.32. The zero-order chi connectivity index (χ0) is 14.0. The molecule has 6 heteroatoms. The predicted octanol–water partition coefficient (Wildman–Crippen LogP) is 0.577. The van der Waals surface area contributed by atoms with E-state index in [-0.39, 0.29) is 5.91 Å². The highest BCUT2D eigenvalue weighted by atomic mass is 16.2. The van der Waals surface area contributed by atoms with Crippen LogP contribution in [-0.2, 0) is 9.59 Å². The standard InChI is InChI=1S/C13H21N3O3/c1-15(2)8-3-4-9-16-11(18)13(6-5-7-13)10(17)14-12(16)19/h3-9H2,1-2H3,(H,14,17,19). The van der Waals surface area contributed by atoms with Crippen LogP contribution in [0, 0.1) is 5.41 Å². The molecule has 0 atom stereocenters. The SMILES string of the molecule is CN(C)CCCCN1C(=O)NC(=O)C2(CCC2)C1=O. The van der Waals surface area contributed by atoms with Crippen molar-refractivity contribution >= 4 is 17.8 Å². The Kier molecular flexibility index (Phi) is 3.89. The maximum absolute atomic E-state index is 12.3. The van der Waals surface area contributed by atoms with E-state index in [0.717, 1.165) is 25.8 Å². The van der Waals surface area contributed by atoms with Crippen molar-refractivity contribution in [1.29, 1.82) is 0 Å². The normalized spacial score (nSPS) is 21.8. The summed E-state index contributed by atoms with van der Waals surface area (Å²) in [5, 5.41) is 2.32. The topological polar surface area (TPSA) is 69.7 Å². The fraction of sp³-hybridized carbons (Fsp3) is 0.769. The zero-order valence-electron chi connectivity index (χ0n) is 11.6. The highest BCUT2D eigenvalue weighted by Gasteiger charge is 2.57. The predicted molar refractivity (Wildman–Crippen MR) is 69.3 cm³/mol. The number of unbranched alkanes of at least 4 members (excludes halogenated alkanes) is 1. The Morgan fingerprint density at radius 1 is 1.21 bits per heavy atom. The van der Waals surface area contributed by atoms with E-state index in [4.69, 9.17) is 0 Å². The summed E-state index contributed by atoms with van der Waals surface area (Å²) in [6.07, 6.45) is 3.70. The highest BCUT2D eigenvalue weighted by Crippen LogP contribution is 2.44. The number of carbonyl (C=O) groups is 3. The Bertz CT molecular complexity index is 402. The van der Waals surface area contributed by atoms with Crippen LogP contribution in [0.5, 0.6) is 0 Å². The van der Waals surface area contributed by atoms with Crippen molar-refractivity contribution in [3.8, 4) is 0 Å². The van der Waals surface area contributed by atoms with Crippen molar-refractivity contribution in [2.45, 2.75) is 32.1 Å². The molecule has 1 spiro atoms. The Balaban J connectivity index is 1.94. The lowest BCUT2D eigenvalue weighted by Crippen LogP contribution is -2.66. The molecule has 2 rings (SSSR count). The van der Waals surface area contributed by atoms with Gasteiger partial charge in [0, 0.05) is 6.54 Å². The molecule has 1 N–H and O–H groups in total. The molecule has 1 heterocycles. The molecule has 4 amide bonds. The first kappa shape index (κ1) is 14.0. The van der Waals surface area contributed by atoms with E-state index in [9.17, 15) is 14.4 Å². The molecule has 1 saturated heterocycles. The number of hydrogen-bond acceptors (Lipinski definition) is 4. The number of barbiturate groups is 1. The van der Waals surface area contributed by atoms with Crippen molar-refractivity contribution in [3.05, 3.63) is 0 Å². The van der Waals surface area contributed by atoms with Crippen LogP contribution in [0.2, 0.25) is 0 Å². The van der Waals surface area contributed by atoms with Gasteiger partial charge in [0.2, 0.25) is 11.8 Å². The van der Waals surface area contributed by atoms with Crippen molar-refractivity contribution < 1.29 is 14.4 Å². The number of urea groups is 1. The summed E-state index contributed by atoms with van der Waals surface area (Å²) >= 11 is 0. The van der Waals surface area contributed by atoms with Gasteiger partial charge in [-0.1, -0.05) is 6.42 Å². The molecule has 0 radical (unpaired) electrons. The van der Waals surface area contributed by atoms with Crippen LogP contribution in [-0.4, -0.2) is 54.8 Å². The van der Waals surface area contributed by atoms with Gasteiger partial charge in [-0.05, 0) is 46.3 Å². The average Bonchev–Trinajstić information content (AvgIpc) is 2.25. The van der Waals surface area contributed by atoms with Crippen LogP contribution in [0.25, 0.3) is 0 Å². The summed E-state index contributed by atoms with van der Waals surface area (Å²) in [7, 11) is 3.97. The molecule has 2 aliphatic rings. The number of rotatable bonds is 5. The van der Waals surface area contributed by atoms with Gasteiger partial charge in [0.25, 0.3) is 0 Å². The second kappa shape index (κ2) is 5.28. The Morgan fingerprint density at radius 2 is 1.89 bits per heavy atom. The Hall–Kier alpha value is -1.43. The molecule has 1 saturated carbocycles. The van der Waals surface area contributed by atoms with E-state index in [1.54, 1.807) is 0 Å². The number of nitrogens with zero attached hydrogens (tertiary/aromatic N) is 2. The molecular weight excluding hydrogens is 246 g/mol. The first-order valence-corrected chi connectivity index (χ1v) is 6.79. The van der Waals surface area contributed by atoms with Crippen LogP contribution in [0.15, 0.2) is 0 Å². The van der Waals surface area contributed by atoms with Gasteiger partial charge in [-0.2, -0.15) is 0 Å². The lowest BCUT2D eigenvalue weighted by Gasteiger charge is -2.44. The summed E-state index contributed by atoms with van der Waals surface area (Å²) in [6, 6.07) is -0.558. The molecule has 0 unspecified atom stereocenters. The fourth-order valence-electron chi connectivity index (χ4n) is 2.60. The minimum Gasteiger partial charge on any atom is -0.309 e. The molecular formula is C13H21N3O3. The van der Waals surface area contributed by atoms with Gasteiger partial charge in [-0.15, -0.1) is 0 Å². The van der Waals surface area contributed by atoms with Crippen molar-refractivity contribution in [2.75, 3.05) is 27.2 Å². The number of amides is 4. The molecule has 0 aromatic heterocycles. The third-order valence-electron chi connectivity index (χ3n) is 4.00. The minimum atomic E-state index is -0.935. The van der Waals surface area contributed by atoms with E-state index < -0.39 is 17.4 Å². The molecule has 1 aliphatic heterocycles. The van der Waals surface area contributed by atoms with Gasteiger partial charge in [0.05, 0.1) is 0 Å². The summed E-state index contributed by atoms with van der Waals surface area (Å²) in [5.41, 5.74) is -0.935. The third-order valence-corrected chi connectivity index (χ3v) is 4.00. The molecule has 19 heavy (non-hydrogen) atoms. The van der Waals surface area contributed by atoms with Gasteiger partial charge in [-0.25, -0.2) is 4.79 Å². The van der Waals surface area contributed by atoms with Gasteiger partial charge >= 0.3 is 6.03 Å².